The molecule has 2 heterocycles. The van der Waals surface area contributed by atoms with E-state index in [9.17, 15) is 14.7 Å². The van der Waals surface area contributed by atoms with Gasteiger partial charge in [-0.3, -0.25) is 14.3 Å². The molecule has 7 heteroatoms. The quantitative estimate of drug-likeness (QED) is 0.717. The number of carbonyl (C=O) groups excluding carboxylic acids is 1. The Morgan fingerprint density at radius 2 is 1.97 bits per heavy atom. The van der Waals surface area contributed by atoms with Gasteiger partial charge in [-0.05, 0) is 42.7 Å². The molecule has 2 aromatic carbocycles. The number of benzene rings is 2. The number of carbonyl (C=O) groups is 1. The number of para-hydroxylation sites is 1. The highest BCUT2D eigenvalue weighted by molar-refractivity contribution is 5.95. The first kappa shape index (κ1) is 19.1. The van der Waals surface area contributed by atoms with Crippen molar-refractivity contribution in [3.8, 4) is 5.75 Å². The van der Waals surface area contributed by atoms with Crippen LogP contribution in [0.3, 0.4) is 0 Å². The summed E-state index contributed by atoms with van der Waals surface area (Å²) in [6.45, 7) is 0.824. The summed E-state index contributed by atoms with van der Waals surface area (Å²) in [7, 11) is 1.61. The van der Waals surface area contributed by atoms with Gasteiger partial charge in [-0.15, -0.1) is 0 Å². The number of likely N-dealkylation sites (tertiary alicyclic amines) is 1. The van der Waals surface area contributed by atoms with Gasteiger partial charge in [0.05, 0.1) is 31.8 Å². The fourth-order valence-corrected chi connectivity index (χ4v) is 3.83. The lowest BCUT2D eigenvalue weighted by atomic mass is 10.1. The number of fused-ring (bicyclic) bond motifs is 1. The van der Waals surface area contributed by atoms with Crippen LogP contribution in [0.15, 0.2) is 53.3 Å². The zero-order valence-corrected chi connectivity index (χ0v) is 16.2. The molecule has 0 unspecified atom stereocenters. The second-order valence-corrected chi connectivity index (χ2v) is 7.18. The third kappa shape index (κ3) is 3.61. The molecule has 0 bridgehead atoms. The van der Waals surface area contributed by atoms with Gasteiger partial charge < -0.3 is 14.7 Å². The SMILES string of the molecule is COc1ccc(Cn2nc(C(=O)N3CCC[C@@H]3CO)c(=O)c3ccccc32)cc1. The van der Waals surface area contributed by atoms with Crippen molar-refractivity contribution in [1.82, 2.24) is 14.7 Å². The van der Waals surface area contributed by atoms with Crippen LogP contribution >= 0.6 is 0 Å². The summed E-state index contributed by atoms with van der Waals surface area (Å²) >= 11 is 0. The topological polar surface area (TPSA) is 84.7 Å². The van der Waals surface area contributed by atoms with E-state index in [0.29, 0.717) is 24.0 Å². The molecule has 29 heavy (non-hydrogen) atoms. The van der Waals surface area contributed by atoms with Crippen LogP contribution in [-0.2, 0) is 6.54 Å². The molecule has 3 aromatic rings. The van der Waals surface area contributed by atoms with Crippen molar-refractivity contribution in [3.63, 3.8) is 0 Å². The smallest absolute Gasteiger partial charge is 0.278 e. The van der Waals surface area contributed by atoms with E-state index in [-0.39, 0.29) is 23.8 Å². The Bertz CT molecular complexity index is 1090. The van der Waals surface area contributed by atoms with Crippen LogP contribution in [0, 0.1) is 0 Å². The summed E-state index contributed by atoms with van der Waals surface area (Å²) in [5.74, 6) is 0.340. The van der Waals surface area contributed by atoms with Gasteiger partial charge in [-0.25, -0.2) is 0 Å². The highest BCUT2D eigenvalue weighted by atomic mass is 16.5. The molecule has 1 aliphatic heterocycles. The molecule has 0 saturated carbocycles. The number of aromatic nitrogens is 2. The second kappa shape index (κ2) is 8.05. The molecule has 1 fully saturated rings. The summed E-state index contributed by atoms with van der Waals surface area (Å²) in [6, 6.07) is 14.5. The molecule has 1 amide bonds. The zero-order chi connectivity index (χ0) is 20.4. The standard InChI is InChI=1S/C22H23N3O4/c1-29-17-10-8-15(9-11-17)13-25-19-7-3-2-6-18(19)21(27)20(23-25)22(28)24-12-4-5-16(24)14-26/h2-3,6-11,16,26H,4-5,12-14H2,1H3/t16-/m1/s1. The fourth-order valence-electron chi connectivity index (χ4n) is 3.83. The normalized spacial score (nSPS) is 16.3. The molecule has 0 radical (unpaired) electrons. The third-order valence-corrected chi connectivity index (χ3v) is 5.41. The van der Waals surface area contributed by atoms with E-state index in [1.807, 2.05) is 36.4 Å². The van der Waals surface area contributed by atoms with Gasteiger partial charge in [0.15, 0.2) is 5.69 Å². The molecule has 7 nitrogen and oxygen atoms in total. The van der Waals surface area contributed by atoms with Gasteiger partial charge in [0, 0.05) is 11.9 Å². The van der Waals surface area contributed by atoms with Crippen LogP contribution in [-0.4, -0.2) is 52.0 Å². The Balaban J connectivity index is 1.78. The lowest BCUT2D eigenvalue weighted by Crippen LogP contribution is -2.41. The Kier molecular flexibility index (Phi) is 5.31. The van der Waals surface area contributed by atoms with Gasteiger partial charge >= 0.3 is 0 Å². The largest absolute Gasteiger partial charge is 0.497 e. The number of ether oxygens (including phenoxy) is 1. The van der Waals surface area contributed by atoms with Gasteiger partial charge in [0.2, 0.25) is 5.43 Å². The molecule has 4 rings (SSSR count). The van der Waals surface area contributed by atoms with Gasteiger partial charge in [0.25, 0.3) is 5.91 Å². The fraction of sp³-hybridized carbons (Fsp3) is 0.318. The Morgan fingerprint density at radius 3 is 2.69 bits per heavy atom. The van der Waals surface area contributed by atoms with Crippen molar-refractivity contribution in [3.05, 3.63) is 70.0 Å². The Labute approximate surface area is 168 Å². The molecule has 1 saturated heterocycles. The van der Waals surface area contributed by atoms with E-state index >= 15 is 0 Å². The van der Waals surface area contributed by atoms with Crippen molar-refractivity contribution >= 4 is 16.8 Å². The van der Waals surface area contributed by atoms with E-state index in [2.05, 4.69) is 5.10 Å². The van der Waals surface area contributed by atoms with Gasteiger partial charge in [-0.2, -0.15) is 5.10 Å². The Morgan fingerprint density at radius 1 is 1.21 bits per heavy atom. The summed E-state index contributed by atoms with van der Waals surface area (Å²) < 4.78 is 6.89. The second-order valence-electron chi connectivity index (χ2n) is 7.18. The minimum atomic E-state index is -0.416. The predicted octanol–water partition coefficient (Wildman–Crippen LogP) is 2.05. The van der Waals surface area contributed by atoms with Crippen molar-refractivity contribution in [2.45, 2.75) is 25.4 Å². The van der Waals surface area contributed by atoms with Crippen LogP contribution < -0.4 is 10.2 Å². The maximum absolute atomic E-state index is 13.1. The highest BCUT2D eigenvalue weighted by Crippen LogP contribution is 2.20. The molecule has 1 atom stereocenters. The van der Waals surface area contributed by atoms with Gasteiger partial charge in [-0.1, -0.05) is 24.3 Å². The van der Waals surface area contributed by atoms with Gasteiger partial charge in [0.1, 0.15) is 5.75 Å². The summed E-state index contributed by atoms with van der Waals surface area (Å²) in [5, 5.41) is 14.5. The molecule has 1 aromatic heterocycles. The number of aliphatic hydroxyl groups is 1. The molecular formula is C22H23N3O4. The number of nitrogens with zero attached hydrogens (tertiary/aromatic N) is 3. The minimum absolute atomic E-state index is 0.0995. The van der Waals surface area contributed by atoms with E-state index in [1.165, 1.54) is 0 Å². The first-order valence-electron chi connectivity index (χ1n) is 9.67. The van der Waals surface area contributed by atoms with Crippen LogP contribution in [0.2, 0.25) is 0 Å². The molecule has 0 spiro atoms. The van der Waals surface area contributed by atoms with Crippen molar-refractivity contribution in [1.29, 1.82) is 0 Å². The number of hydrogen-bond acceptors (Lipinski definition) is 5. The molecule has 0 aliphatic carbocycles. The van der Waals surface area contributed by atoms with Crippen LogP contribution in [0.5, 0.6) is 5.75 Å². The molecule has 1 N–H and O–H groups in total. The van der Waals surface area contributed by atoms with Crippen molar-refractivity contribution < 1.29 is 14.6 Å². The highest BCUT2D eigenvalue weighted by Gasteiger charge is 2.31. The summed E-state index contributed by atoms with van der Waals surface area (Å²) in [5.41, 5.74) is 1.17. The van der Waals surface area contributed by atoms with E-state index in [4.69, 9.17) is 4.74 Å². The summed E-state index contributed by atoms with van der Waals surface area (Å²) in [4.78, 5) is 27.7. The van der Waals surface area contributed by atoms with E-state index in [0.717, 1.165) is 24.2 Å². The average molecular weight is 393 g/mol. The minimum Gasteiger partial charge on any atom is -0.497 e. The number of amides is 1. The number of hydrogen-bond donors (Lipinski definition) is 1. The van der Waals surface area contributed by atoms with Crippen LogP contribution in [0.25, 0.3) is 10.9 Å². The maximum atomic E-state index is 13.1. The third-order valence-electron chi connectivity index (χ3n) is 5.41. The number of methoxy groups -OCH3 is 1. The first-order valence-corrected chi connectivity index (χ1v) is 9.67. The van der Waals surface area contributed by atoms with E-state index < -0.39 is 5.91 Å². The van der Waals surface area contributed by atoms with E-state index in [1.54, 1.807) is 28.8 Å². The average Bonchev–Trinajstić information content (AvgIpc) is 3.25. The van der Waals surface area contributed by atoms with Crippen LogP contribution in [0.1, 0.15) is 28.9 Å². The maximum Gasteiger partial charge on any atom is 0.278 e. The summed E-state index contributed by atoms with van der Waals surface area (Å²) in [6.07, 6.45) is 1.54. The molecule has 150 valence electrons. The lowest BCUT2D eigenvalue weighted by Gasteiger charge is -2.23. The number of rotatable bonds is 5. The Hall–Kier alpha value is -3.19. The first-order chi connectivity index (χ1) is 14.1. The molecule has 1 aliphatic rings. The monoisotopic (exact) mass is 393 g/mol. The van der Waals surface area contributed by atoms with Crippen molar-refractivity contribution in [2.24, 2.45) is 0 Å². The number of aliphatic hydroxyl groups excluding tert-OH is 1. The zero-order valence-electron chi connectivity index (χ0n) is 16.2. The van der Waals surface area contributed by atoms with Crippen molar-refractivity contribution in [2.75, 3.05) is 20.3 Å². The predicted molar refractivity (Wildman–Crippen MR) is 109 cm³/mol. The lowest BCUT2D eigenvalue weighted by molar-refractivity contribution is 0.0668. The van der Waals surface area contributed by atoms with Crippen LogP contribution in [0.4, 0.5) is 0 Å². The molecular weight excluding hydrogens is 370 g/mol.